The summed E-state index contributed by atoms with van der Waals surface area (Å²) >= 11 is 0. The molecule has 2 atom stereocenters. The molecule has 5 nitrogen and oxygen atoms in total. The van der Waals surface area contributed by atoms with Crippen LogP contribution in [0, 0.1) is 0 Å². The highest BCUT2D eigenvalue weighted by molar-refractivity contribution is 5.68. The van der Waals surface area contributed by atoms with Crippen LogP contribution in [-0.2, 0) is 4.74 Å². The molecule has 0 aromatic carbocycles. The van der Waals surface area contributed by atoms with Crippen LogP contribution in [0.5, 0.6) is 0 Å². The van der Waals surface area contributed by atoms with Gasteiger partial charge in [0, 0.05) is 30.7 Å². The average Bonchev–Trinajstić information content (AvgIpc) is 2.57. The Labute approximate surface area is 142 Å². The second-order valence-corrected chi connectivity index (χ2v) is 8.63. The summed E-state index contributed by atoms with van der Waals surface area (Å²) in [7, 11) is 0. The second kappa shape index (κ2) is 8.88. The maximum absolute atomic E-state index is 12.1. The van der Waals surface area contributed by atoms with Crippen molar-refractivity contribution in [1.82, 2.24) is 16.0 Å². The molecule has 1 rings (SSSR count). The minimum atomic E-state index is -0.450. The molecule has 0 saturated heterocycles. The first kappa shape index (κ1) is 20.2. The van der Waals surface area contributed by atoms with Gasteiger partial charge < -0.3 is 20.7 Å². The lowest BCUT2D eigenvalue weighted by atomic mass is 10.0. The molecule has 0 heterocycles. The molecule has 23 heavy (non-hydrogen) atoms. The number of hydrogen-bond acceptors (Lipinski definition) is 4. The molecule has 0 bridgehead atoms. The third-order valence-corrected chi connectivity index (χ3v) is 3.90. The lowest BCUT2D eigenvalue weighted by Gasteiger charge is -2.29. The number of carbonyl (C=O) groups excluding carboxylic acids is 1. The quantitative estimate of drug-likeness (QED) is 0.536. The Bertz CT molecular complexity index is 358. The first-order valence-electron chi connectivity index (χ1n) is 9.05. The van der Waals surface area contributed by atoms with Crippen molar-refractivity contribution in [3.63, 3.8) is 0 Å². The number of nitrogens with one attached hydrogen (secondary N) is 3. The topological polar surface area (TPSA) is 62.4 Å². The second-order valence-electron chi connectivity index (χ2n) is 8.63. The fourth-order valence-electron chi connectivity index (χ4n) is 2.88. The highest BCUT2D eigenvalue weighted by atomic mass is 16.6. The van der Waals surface area contributed by atoms with E-state index in [-0.39, 0.29) is 17.7 Å². The number of hydrogen-bond donors (Lipinski definition) is 3. The van der Waals surface area contributed by atoms with Crippen LogP contribution < -0.4 is 16.0 Å². The van der Waals surface area contributed by atoms with Crippen molar-refractivity contribution in [3.05, 3.63) is 0 Å². The molecule has 5 heteroatoms. The van der Waals surface area contributed by atoms with Crippen LogP contribution in [0.4, 0.5) is 4.79 Å². The van der Waals surface area contributed by atoms with Gasteiger partial charge in [-0.05, 0) is 54.4 Å². The van der Waals surface area contributed by atoms with E-state index in [0.29, 0.717) is 6.04 Å². The molecule has 1 amide bonds. The van der Waals surface area contributed by atoms with Crippen molar-refractivity contribution in [2.24, 2.45) is 0 Å². The van der Waals surface area contributed by atoms with Gasteiger partial charge in [-0.2, -0.15) is 0 Å². The Morgan fingerprint density at radius 3 is 2.13 bits per heavy atom. The van der Waals surface area contributed by atoms with E-state index >= 15 is 0 Å². The van der Waals surface area contributed by atoms with Crippen LogP contribution in [0.15, 0.2) is 0 Å². The zero-order valence-corrected chi connectivity index (χ0v) is 15.9. The van der Waals surface area contributed by atoms with Crippen LogP contribution in [0.2, 0.25) is 0 Å². The standard InChI is InChI=1S/C18H37N3O2/c1-17(2,3)20-13-12-19-14-10-8-7-9-11-15(14)21-16(22)23-18(4,5)6/h14-15,19-20H,7-13H2,1-6H3,(H,21,22). The molecular formula is C18H37N3O2. The Morgan fingerprint density at radius 1 is 0.957 bits per heavy atom. The summed E-state index contributed by atoms with van der Waals surface area (Å²) in [6, 6.07) is 0.480. The smallest absolute Gasteiger partial charge is 0.407 e. The Hall–Kier alpha value is -0.810. The fraction of sp³-hybridized carbons (Fsp3) is 0.944. The summed E-state index contributed by atoms with van der Waals surface area (Å²) in [5.41, 5.74) is -0.312. The molecule has 0 aromatic rings. The summed E-state index contributed by atoms with van der Waals surface area (Å²) in [5, 5.41) is 10.2. The summed E-state index contributed by atoms with van der Waals surface area (Å²) in [6.45, 7) is 14.0. The average molecular weight is 328 g/mol. The van der Waals surface area contributed by atoms with E-state index in [9.17, 15) is 4.79 Å². The van der Waals surface area contributed by atoms with Gasteiger partial charge in [-0.25, -0.2) is 4.79 Å². The van der Waals surface area contributed by atoms with Gasteiger partial charge in [0.05, 0.1) is 0 Å². The zero-order chi connectivity index (χ0) is 17.5. The molecule has 0 aliphatic heterocycles. The van der Waals surface area contributed by atoms with E-state index in [1.165, 1.54) is 19.3 Å². The van der Waals surface area contributed by atoms with Crippen molar-refractivity contribution >= 4 is 6.09 Å². The van der Waals surface area contributed by atoms with Gasteiger partial charge in [-0.15, -0.1) is 0 Å². The van der Waals surface area contributed by atoms with Gasteiger partial charge in [-0.3, -0.25) is 0 Å². The minimum Gasteiger partial charge on any atom is -0.444 e. The third-order valence-electron chi connectivity index (χ3n) is 3.90. The van der Waals surface area contributed by atoms with Crippen molar-refractivity contribution < 1.29 is 9.53 Å². The van der Waals surface area contributed by atoms with Crippen molar-refractivity contribution in [2.45, 2.75) is 96.9 Å². The van der Waals surface area contributed by atoms with E-state index in [1.54, 1.807) is 0 Å². The summed E-state index contributed by atoms with van der Waals surface area (Å²) in [6.07, 6.45) is 5.45. The van der Waals surface area contributed by atoms with Crippen LogP contribution >= 0.6 is 0 Å². The van der Waals surface area contributed by atoms with E-state index < -0.39 is 5.60 Å². The van der Waals surface area contributed by atoms with Crippen LogP contribution in [0.25, 0.3) is 0 Å². The Morgan fingerprint density at radius 2 is 1.57 bits per heavy atom. The van der Waals surface area contributed by atoms with Crippen LogP contribution in [0.1, 0.15) is 73.6 Å². The molecule has 136 valence electrons. The fourth-order valence-corrected chi connectivity index (χ4v) is 2.88. The van der Waals surface area contributed by atoms with Crippen molar-refractivity contribution in [3.8, 4) is 0 Å². The monoisotopic (exact) mass is 327 g/mol. The predicted octanol–water partition coefficient (Wildman–Crippen LogP) is 3.19. The zero-order valence-electron chi connectivity index (χ0n) is 15.9. The molecule has 3 N–H and O–H groups in total. The predicted molar refractivity (Wildman–Crippen MR) is 95.8 cm³/mol. The van der Waals surface area contributed by atoms with Gasteiger partial charge in [0.2, 0.25) is 0 Å². The molecule has 0 aromatic heterocycles. The van der Waals surface area contributed by atoms with Gasteiger partial charge in [0.25, 0.3) is 0 Å². The molecule has 0 spiro atoms. The summed E-state index contributed by atoms with van der Waals surface area (Å²) in [4.78, 5) is 12.1. The molecule has 1 fully saturated rings. The number of amides is 1. The number of ether oxygens (including phenoxy) is 1. The maximum Gasteiger partial charge on any atom is 0.407 e. The number of alkyl carbamates (subject to hydrolysis) is 1. The molecular weight excluding hydrogens is 290 g/mol. The number of rotatable bonds is 5. The van der Waals surface area contributed by atoms with Gasteiger partial charge in [0.15, 0.2) is 0 Å². The molecule has 1 saturated carbocycles. The third kappa shape index (κ3) is 9.82. The lowest BCUT2D eigenvalue weighted by Crippen LogP contribution is -2.52. The first-order valence-corrected chi connectivity index (χ1v) is 9.05. The van der Waals surface area contributed by atoms with E-state index in [4.69, 9.17) is 4.74 Å². The van der Waals surface area contributed by atoms with E-state index in [0.717, 1.165) is 25.9 Å². The Kier molecular flexibility index (Phi) is 7.81. The normalized spacial score (nSPS) is 23.2. The first-order chi connectivity index (χ1) is 10.6. The number of carbonyl (C=O) groups is 1. The molecule has 1 aliphatic rings. The highest BCUT2D eigenvalue weighted by Crippen LogP contribution is 2.19. The van der Waals surface area contributed by atoms with E-state index in [1.807, 2.05) is 20.8 Å². The van der Waals surface area contributed by atoms with Crippen LogP contribution in [0.3, 0.4) is 0 Å². The minimum absolute atomic E-state index is 0.138. The molecule has 0 radical (unpaired) electrons. The SMILES string of the molecule is CC(C)(C)NCCNC1CCCCCC1NC(=O)OC(C)(C)C. The van der Waals surface area contributed by atoms with Gasteiger partial charge in [-0.1, -0.05) is 19.3 Å². The van der Waals surface area contributed by atoms with E-state index in [2.05, 4.69) is 36.7 Å². The van der Waals surface area contributed by atoms with Crippen molar-refractivity contribution in [2.75, 3.05) is 13.1 Å². The highest BCUT2D eigenvalue weighted by Gasteiger charge is 2.26. The van der Waals surface area contributed by atoms with Crippen molar-refractivity contribution in [1.29, 1.82) is 0 Å². The van der Waals surface area contributed by atoms with Gasteiger partial charge >= 0.3 is 6.09 Å². The summed E-state index contributed by atoms with van der Waals surface area (Å²) in [5.74, 6) is 0. The Balaban J connectivity index is 2.47. The van der Waals surface area contributed by atoms with Crippen LogP contribution in [-0.4, -0.2) is 42.4 Å². The molecule has 1 aliphatic carbocycles. The molecule has 2 unspecified atom stereocenters. The van der Waals surface area contributed by atoms with Gasteiger partial charge in [0.1, 0.15) is 5.60 Å². The summed E-state index contributed by atoms with van der Waals surface area (Å²) < 4.78 is 5.41. The largest absolute Gasteiger partial charge is 0.444 e. The lowest BCUT2D eigenvalue weighted by molar-refractivity contribution is 0.0490. The maximum atomic E-state index is 12.1.